The maximum atomic E-state index is 13.8. The molecule has 1 fully saturated rings. The van der Waals surface area contributed by atoms with Crippen molar-refractivity contribution in [3.05, 3.63) is 77.1 Å². The van der Waals surface area contributed by atoms with E-state index in [1.54, 1.807) is 34.4 Å². The van der Waals surface area contributed by atoms with Gasteiger partial charge in [0.05, 0.1) is 11.3 Å². The van der Waals surface area contributed by atoms with Crippen molar-refractivity contribution in [2.24, 2.45) is 0 Å². The average Bonchev–Trinajstić information content (AvgIpc) is 3.18. The van der Waals surface area contributed by atoms with Crippen LogP contribution >= 0.6 is 11.3 Å². The van der Waals surface area contributed by atoms with E-state index < -0.39 is 5.82 Å². The van der Waals surface area contributed by atoms with E-state index in [9.17, 15) is 9.18 Å². The SMILES string of the molecule is O=C(c1ccccc1F)N1CCN(Cc2csc(-c3ccccc3)n2)CC1. The van der Waals surface area contributed by atoms with Gasteiger partial charge in [-0.3, -0.25) is 9.69 Å². The van der Waals surface area contributed by atoms with Gasteiger partial charge in [-0.05, 0) is 12.1 Å². The van der Waals surface area contributed by atoms with Crippen LogP contribution in [-0.4, -0.2) is 46.9 Å². The third kappa shape index (κ3) is 4.07. The topological polar surface area (TPSA) is 36.4 Å². The van der Waals surface area contributed by atoms with Crippen molar-refractivity contribution in [1.82, 2.24) is 14.8 Å². The summed E-state index contributed by atoms with van der Waals surface area (Å²) in [5, 5.41) is 3.12. The Morgan fingerprint density at radius 2 is 1.70 bits per heavy atom. The largest absolute Gasteiger partial charge is 0.336 e. The fourth-order valence-corrected chi connectivity index (χ4v) is 4.05. The highest BCUT2D eigenvalue weighted by Crippen LogP contribution is 2.24. The third-order valence-corrected chi connectivity index (χ3v) is 5.66. The van der Waals surface area contributed by atoms with E-state index in [1.165, 1.54) is 6.07 Å². The number of hydrogen-bond acceptors (Lipinski definition) is 4. The summed E-state index contributed by atoms with van der Waals surface area (Å²) in [7, 11) is 0. The number of piperazine rings is 1. The number of amides is 1. The second kappa shape index (κ2) is 7.98. The number of carbonyl (C=O) groups is 1. The zero-order chi connectivity index (χ0) is 18.6. The first-order chi connectivity index (χ1) is 13.2. The van der Waals surface area contributed by atoms with E-state index in [2.05, 4.69) is 22.4 Å². The molecule has 2 aromatic carbocycles. The van der Waals surface area contributed by atoms with Gasteiger partial charge in [-0.15, -0.1) is 11.3 Å². The molecule has 2 heterocycles. The summed E-state index contributed by atoms with van der Waals surface area (Å²) in [5.74, 6) is -0.686. The van der Waals surface area contributed by atoms with Crippen LogP contribution in [0.15, 0.2) is 60.0 Å². The van der Waals surface area contributed by atoms with Gasteiger partial charge in [0.2, 0.25) is 0 Å². The zero-order valence-corrected chi connectivity index (χ0v) is 15.7. The van der Waals surface area contributed by atoms with Crippen LogP contribution in [0, 0.1) is 5.82 Å². The minimum Gasteiger partial charge on any atom is -0.336 e. The van der Waals surface area contributed by atoms with Crippen molar-refractivity contribution in [3.63, 3.8) is 0 Å². The van der Waals surface area contributed by atoms with Gasteiger partial charge < -0.3 is 4.90 Å². The molecular weight excluding hydrogens is 361 g/mol. The Balaban J connectivity index is 1.34. The standard InChI is InChI=1S/C21H20FN3OS/c22-19-9-5-4-8-18(19)21(26)25-12-10-24(11-13-25)14-17-15-27-20(23-17)16-6-2-1-3-7-16/h1-9,15H,10-14H2. The first-order valence-electron chi connectivity index (χ1n) is 8.97. The van der Waals surface area contributed by atoms with Crippen LogP contribution < -0.4 is 0 Å². The molecule has 0 atom stereocenters. The highest BCUT2D eigenvalue weighted by atomic mass is 32.1. The summed E-state index contributed by atoms with van der Waals surface area (Å²) >= 11 is 1.65. The van der Waals surface area contributed by atoms with Crippen LogP contribution in [0.4, 0.5) is 4.39 Å². The molecule has 0 unspecified atom stereocenters. The lowest BCUT2D eigenvalue weighted by Crippen LogP contribution is -2.48. The molecule has 6 heteroatoms. The number of benzene rings is 2. The van der Waals surface area contributed by atoms with Crippen molar-refractivity contribution >= 4 is 17.2 Å². The molecule has 0 radical (unpaired) electrons. The molecule has 138 valence electrons. The predicted molar refractivity (Wildman–Crippen MR) is 105 cm³/mol. The van der Waals surface area contributed by atoms with Gasteiger partial charge in [0.15, 0.2) is 0 Å². The fraction of sp³-hybridized carbons (Fsp3) is 0.238. The van der Waals surface area contributed by atoms with E-state index in [1.807, 2.05) is 18.2 Å². The van der Waals surface area contributed by atoms with Crippen molar-refractivity contribution in [2.45, 2.75) is 6.54 Å². The number of rotatable bonds is 4. The van der Waals surface area contributed by atoms with Gasteiger partial charge in [-0.1, -0.05) is 42.5 Å². The Kier molecular flexibility index (Phi) is 5.27. The molecule has 1 aliphatic heterocycles. The minimum atomic E-state index is -0.458. The monoisotopic (exact) mass is 381 g/mol. The van der Waals surface area contributed by atoms with Gasteiger partial charge >= 0.3 is 0 Å². The predicted octanol–water partition coefficient (Wildman–Crippen LogP) is 3.91. The Morgan fingerprint density at radius 1 is 1.00 bits per heavy atom. The quantitative estimate of drug-likeness (QED) is 0.688. The Hall–Kier alpha value is -2.57. The first-order valence-corrected chi connectivity index (χ1v) is 9.84. The number of aromatic nitrogens is 1. The summed E-state index contributed by atoms with van der Waals surface area (Å²) in [6.45, 7) is 3.49. The molecule has 0 aliphatic carbocycles. The van der Waals surface area contributed by atoms with Crippen LogP contribution in [0.1, 0.15) is 16.1 Å². The summed E-state index contributed by atoms with van der Waals surface area (Å²) < 4.78 is 13.8. The molecule has 4 rings (SSSR count). The zero-order valence-electron chi connectivity index (χ0n) is 14.8. The van der Waals surface area contributed by atoms with E-state index in [0.29, 0.717) is 13.1 Å². The van der Waals surface area contributed by atoms with Crippen LogP contribution in [0.2, 0.25) is 0 Å². The molecule has 0 bridgehead atoms. The molecule has 27 heavy (non-hydrogen) atoms. The lowest BCUT2D eigenvalue weighted by Gasteiger charge is -2.34. The molecular formula is C21H20FN3OS. The Bertz CT molecular complexity index is 920. The van der Waals surface area contributed by atoms with Crippen LogP contribution in [0.5, 0.6) is 0 Å². The number of thiazole rings is 1. The lowest BCUT2D eigenvalue weighted by molar-refractivity contribution is 0.0623. The first kappa shape index (κ1) is 17.8. The van der Waals surface area contributed by atoms with Crippen molar-refractivity contribution in [3.8, 4) is 10.6 Å². The molecule has 1 aliphatic rings. The summed E-state index contributed by atoms with van der Waals surface area (Å²) in [6.07, 6.45) is 0. The number of nitrogens with zero attached hydrogens (tertiary/aromatic N) is 3. The van der Waals surface area contributed by atoms with Gasteiger partial charge in [-0.2, -0.15) is 0 Å². The second-order valence-electron chi connectivity index (χ2n) is 6.56. The summed E-state index contributed by atoms with van der Waals surface area (Å²) in [6, 6.07) is 16.3. The van der Waals surface area contributed by atoms with Crippen molar-refractivity contribution < 1.29 is 9.18 Å². The highest BCUT2D eigenvalue weighted by Gasteiger charge is 2.24. The maximum absolute atomic E-state index is 13.8. The molecule has 0 N–H and O–H groups in total. The van der Waals surface area contributed by atoms with Gasteiger partial charge in [0, 0.05) is 43.7 Å². The molecule has 1 aromatic heterocycles. The highest BCUT2D eigenvalue weighted by molar-refractivity contribution is 7.13. The Morgan fingerprint density at radius 3 is 2.44 bits per heavy atom. The van der Waals surface area contributed by atoms with Gasteiger partial charge in [0.25, 0.3) is 5.91 Å². The number of halogens is 1. The molecule has 1 amide bonds. The maximum Gasteiger partial charge on any atom is 0.256 e. The third-order valence-electron chi connectivity index (χ3n) is 4.72. The summed E-state index contributed by atoms with van der Waals surface area (Å²) in [5.41, 5.74) is 2.33. The average molecular weight is 381 g/mol. The molecule has 3 aromatic rings. The van der Waals surface area contributed by atoms with Gasteiger partial charge in [0.1, 0.15) is 10.8 Å². The normalized spacial score (nSPS) is 15.1. The minimum absolute atomic E-state index is 0.151. The molecule has 0 spiro atoms. The van der Waals surface area contributed by atoms with Crippen molar-refractivity contribution in [2.75, 3.05) is 26.2 Å². The summed E-state index contributed by atoms with van der Waals surface area (Å²) in [4.78, 5) is 21.3. The lowest BCUT2D eigenvalue weighted by atomic mass is 10.1. The van der Waals surface area contributed by atoms with Crippen LogP contribution in [0.25, 0.3) is 10.6 Å². The molecule has 4 nitrogen and oxygen atoms in total. The van der Waals surface area contributed by atoms with E-state index in [-0.39, 0.29) is 11.5 Å². The smallest absolute Gasteiger partial charge is 0.256 e. The Labute approximate surface area is 161 Å². The number of hydrogen-bond donors (Lipinski definition) is 0. The van der Waals surface area contributed by atoms with E-state index in [0.717, 1.165) is 35.9 Å². The second-order valence-corrected chi connectivity index (χ2v) is 7.42. The van der Waals surface area contributed by atoms with Crippen molar-refractivity contribution in [1.29, 1.82) is 0 Å². The van der Waals surface area contributed by atoms with E-state index in [4.69, 9.17) is 4.98 Å². The molecule has 0 saturated carbocycles. The fourth-order valence-electron chi connectivity index (χ4n) is 3.24. The van der Waals surface area contributed by atoms with Crippen LogP contribution in [-0.2, 0) is 6.54 Å². The van der Waals surface area contributed by atoms with Gasteiger partial charge in [-0.25, -0.2) is 9.37 Å². The molecule has 1 saturated heterocycles. The van der Waals surface area contributed by atoms with E-state index >= 15 is 0 Å². The number of carbonyl (C=O) groups excluding carboxylic acids is 1. The van der Waals surface area contributed by atoms with Crippen LogP contribution in [0.3, 0.4) is 0 Å².